The summed E-state index contributed by atoms with van der Waals surface area (Å²) in [6, 6.07) is -2.94. The van der Waals surface area contributed by atoms with Gasteiger partial charge in [-0.25, -0.2) is 0 Å². The fraction of sp³-hybridized carbons (Fsp3) is 0.536. The third-order valence-electron chi connectivity index (χ3n) is 13.4. The van der Waals surface area contributed by atoms with E-state index in [2.05, 4.69) is 53.2 Å². The number of carboxylic acids is 2. The van der Waals surface area contributed by atoms with Gasteiger partial charge in [-0.1, -0.05) is 52.0 Å². The maximum atomic E-state index is 14.4. The van der Waals surface area contributed by atoms with E-state index in [4.69, 9.17) is 11.5 Å². The molecule has 30 nitrogen and oxygen atoms in total. The summed E-state index contributed by atoms with van der Waals surface area (Å²) in [5.41, 5.74) is 12.1. The van der Waals surface area contributed by atoms with E-state index < -0.39 is 188 Å². The zero-order valence-electron chi connectivity index (χ0n) is 49.3. The van der Waals surface area contributed by atoms with E-state index in [1.807, 2.05) is 0 Å². The Labute approximate surface area is 515 Å². The normalized spacial score (nSPS) is 23.3. The van der Waals surface area contributed by atoms with Gasteiger partial charge in [-0.15, -0.1) is 11.8 Å². The number of primary amides is 2. The largest absolute Gasteiger partial charge is 0.508 e. The first-order valence-corrected chi connectivity index (χ1v) is 30.6. The van der Waals surface area contributed by atoms with Crippen molar-refractivity contribution in [1.29, 1.82) is 0 Å². The third kappa shape index (κ3) is 26.9. The standard InChI is InChI=1S/C56H80N12O18S2/c1-28(2)22-38-53(83)67-41(48(58)78)26-88-27-44(73)61-34(15-10-30-6-11-32(69)12-7-30)49(79)62-35(16-18-45(74)75)51(81)66-40(24-42(57)71)55(85)68-47(29(3)4)56(86)59-25-43(72)60-37(20-21-87-5)52(82)65-39(23-31-8-13-33(70)14-9-31)54(84)63-36(50(80)64-38)17-19-46(76)77/h6-9,11-14,28-29,34-41,47,69-70H,10,15-27H2,1-5H3,(H2,57,71)(H2,58,78)(H,59,86)(H,60,72)(H,61,73)(H,62,79)(H,63,84)(H,64,80)(H,65,82)(H,66,81)(H,67,83)(H,68,85)(H,74,75)(H,76,77)/t34-,35-,36-,37-,38-,39-,40-,41-,47-/m0/s1. The minimum atomic E-state index is -1.86. The molecule has 12 amide bonds. The second-order valence-electron chi connectivity index (χ2n) is 21.5. The van der Waals surface area contributed by atoms with Crippen LogP contribution in [0.1, 0.15) is 90.2 Å². The van der Waals surface area contributed by atoms with Gasteiger partial charge in [-0.2, -0.15) is 11.8 Å². The van der Waals surface area contributed by atoms with E-state index in [1.165, 1.54) is 74.1 Å². The predicted octanol–water partition coefficient (Wildman–Crippen LogP) is -2.96. The summed E-state index contributed by atoms with van der Waals surface area (Å²) >= 11 is 2.06. The molecule has 0 aliphatic carbocycles. The molecule has 0 aromatic heterocycles. The fourth-order valence-electron chi connectivity index (χ4n) is 8.66. The summed E-state index contributed by atoms with van der Waals surface area (Å²) in [5.74, 6) is -17.0. The molecule has 0 saturated carbocycles. The van der Waals surface area contributed by atoms with Crippen LogP contribution < -0.4 is 64.6 Å². The molecule has 1 aliphatic rings. The Hall–Kier alpha value is -8.68. The van der Waals surface area contributed by atoms with Gasteiger partial charge in [0, 0.05) is 25.0 Å². The molecule has 9 atom stereocenters. The number of benzene rings is 2. The number of aliphatic carboxylic acids is 2. The van der Waals surface area contributed by atoms with Crippen molar-refractivity contribution >= 4 is 106 Å². The molecule has 3 rings (SSSR count). The number of aromatic hydroxyl groups is 2. The average Bonchev–Trinajstić information content (AvgIpc) is 3.59. The van der Waals surface area contributed by atoms with E-state index in [0.717, 1.165) is 11.8 Å². The number of nitrogens with one attached hydrogen (secondary N) is 10. The highest BCUT2D eigenvalue weighted by Gasteiger charge is 2.36. The summed E-state index contributed by atoms with van der Waals surface area (Å²) < 4.78 is 0. The fourth-order valence-corrected chi connectivity index (χ4v) is 10.00. The number of phenols is 2. The molecule has 0 radical (unpaired) electrons. The Morgan fingerprint density at radius 1 is 0.545 bits per heavy atom. The molecule has 18 N–H and O–H groups in total. The van der Waals surface area contributed by atoms with E-state index in [1.54, 1.807) is 20.1 Å². The summed E-state index contributed by atoms with van der Waals surface area (Å²) in [6.07, 6.45) is -2.27. The molecule has 0 bridgehead atoms. The molecule has 1 saturated heterocycles. The van der Waals surface area contributed by atoms with Gasteiger partial charge >= 0.3 is 11.9 Å². The van der Waals surface area contributed by atoms with Crippen molar-refractivity contribution in [2.24, 2.45) is 23.3 Å². The van der Waals surface area contributed by atoms with Crippen LogP contribution in [0, 0.1) is 11.8 Å². The first-order valence-electron chi connectivity index (χ1n) is 28.1. The lowest BCUT2D eigenvalue weighted by molar-refractivity contribution is -0.139. The Balaban J connectivity index is 2.17. The summed E-state index contributed by atoms with van der Waals surface area (Å²) in [6.45, 7) is 5.60. The molecular weight excluding hydrogens is 1190 g/mol. The van der Waals surface area contributed by atoms with Crippen LogP contribution in [0.5, 0.6) is 11.5 Å². The van der Waals surface area contributed by atoms with Crippen LogP contribution in [0.3, 0.4) is 0 Å². The van der Waals surface area contributed by atoms with Crippen molar-refractivity contribution in [3.05, 3.63) is 59.7 Å². The summed E-state index contributed by atoms with van der Waals surface area (Å²) in [4.78, 5) is 189. The highest BCUT2D eigenvalue weighted by molar-refractivity contribution is 8.00. The molecular formula is C56H80N12O18S2. The summed E-state index contributed by atoms with van der Waals surface area (Å²) in [7, 11) is 0. The molecule has 0 spiro atoms. The van der Waals surface area contributed by atoms with E-state index in [9.17, 15) is 87.5 Å². The number of phenolic OH excluding ortho intramolecular Hbond substituents is 2. The van der Waals surface area contributed by atoms with Gasteiger partial charge in [0.15, 0.2) is 0 Å². The molecule has 1 heterocycles. The van der Waals surface area contributed by atoms with Crippen molar-refractivity contribution in [3.8, 4) is 11.5 Å². The van der Waals surface area contributed by atoms with Crippen LogP contribution in [0.4, 0.5) is 0 Å². The van der Waals surface area contributed by atoms with Crippen LogP contribution in [0.15, 0.2) is 48.5 Å². The van der Waals surface area contributed by atoms with E-state index in [-0.39, 0.29) is 61.0 Å². The molecule has 2 aromatic rings. The molecule has 88 heavy (non-hydrogen) atoms. The number of hydrogen-bond donors (Lipinski definition) is 16. The Bertz CT molecular complexity index is 2810. The highest BCUT2D eigenvalue weighted by atomic mass is 32.2. The number of amides is 12. The van der Waals surface area contributed by atoms with Gasteiger partial charge in [-0.3, -0.25) is 67.1 Å². The zero-order chi connectivity index (χ0) is 65.8. The number of hydrogen-bond acceptors (Lipinski definition) is 18. The molecule has 1 aliphatic heterocycles. The number of aryl methyl sites for hydroxylation is 1. The van der Waals surface area contributed by atoms with Gasteiger partial charge in [-0.05, 0) is 97.8 Å². The lowest BCUT2D eigenvalue weighted by atomic mass is 10.0. The van der Waals surface area contributed by atoms with Crippen LogP contribution in [0.25, 0.3) is 0 Å². The van der Waals surface area contributed by atoms with Crippen molar-refractivity contribution in [2.75, 3.05) is 30.1 Å². The lowest BCUT2D eigenvalue weighted by Crippen LogP contribution is -2.60. The minimum absolute atomic E-state index is 0.0480. The molecule has 2 aromatic carbocycles. The second-order valence-corrected chi connectivity index (χ2v) is 23.5. The van der Waals surface area contributed by atoms with Gasteiger partial charge in [0.1, 0.15) is 65.9 Å². The average molecular weight is 1270 g/mol. The van der Waals surface area contributed by atoms with Crippen LogP contribution >= 0.6 is 23.5 Å². The first kappa shape index (κ1) is 73.6. The zero-order valence-corrected chi connectivity index (χ0v) is 51.0. The van der Waals surface area contributed by atoms with Crippen LogP contribution in [0.2, 0.25) is 0 Å². The van der Waals surface area contributed by atoms with Gasteiger partial charge in [0.25, 0.3) is 0 Å². The third-order valence-corrected chi connectivity index (χ3v) is 15.0. The summed E-state index contributed by atoms with van der Waals surface area (Å²) in [5, 5.41) is 63.7. The van der Waals surface area contributed by atoms with Crippen LogP contribution in [-0.2, 0) is 80.0 Å². The lowest BCUT2D eigenvalue weighted by Gasteiger charge is -2.27. The SMILES string of the molecule is CSCC[C@@H]1NC(=O)CNC(=O)[C@H](C(C)C)NC(=O)[C@H](CC(N)=O)NC(=O)[C@H](CCC(=O)O)NC(=O)[C@H](CCc2ccc(O)cc2)NC(=O)CSC[C@@H](C(N)=O)NC(=O)[C@H](CC(C)C)NC(=O)[C@H](CCC(=O)O)NC(=O)[C@H](Cc2ccc(O)cc2)NC1=O. The smallest absolute Gasteiger partial charge is 0.303 e. The molecule has 0 unspecified atom stereocenters. The van der Waals surface area contributed by atoms with Gasteiger partial charge < -0.3 is 85.1 Å². The second kappa shape index (κ2) is 37.1. The number of carbonyl (C=O) groups excluding carboxylic acids is 12. The number of nitrogens with two attached hydrogens (primary N) is 2. The Morgan fingerprint density at radius 2 is 0.989 bits per heavy atom. The van der Waals surface area contributed by atoms with E-state index >= 15 is 0 Å². The van der Waals surface area contributed by atoms with Crippen molar-refractivity contribution < 1.29 is 87.5 Å². The van der Waals surface area contributed by atoms with E-state index in [0.29, 0.717) is 11.1 Å². The first-order chi connectivity index (χ1) is 41.5. The monoisotopic (exact) mass is 1270 g/mol. The van der Waals surface area contributed by atoms with Crippen LogP contribution in [-0.4, -0.2) is 188 Å². The number of carboxylic acid groups (broad SMARTS) is 2. The molecule has 484 valence electrons. The Morgan fingerprint density at radius 3 is 1.48 bits per heavy atom. The maximum Gasteiger partial charge on any atom is 0.303 e. The topological polar surface area (TPSA) is 492 Å². The highest BCUT2D eigenvalue weighted by Crippen LogP contribution is 2.17. The van der Waals surface area contributed by atoms with Gasteiger partial charge in [0.2, 0.25) is 70.9 Å². The number of rotatable bonds is 20. The quantitative estimate of drug-likeness (QED) is 0.0630. The van der Waals surface area contributed by atoms with Gasteiger partial charge in [0.05, 0.1) is 18.7 Å². The molecule has 32 heteroatoms. The van der Waals surface area contributed by atoms with Crippen molar-refractivity contribution in [1.82, 2.24) is 53.2 Å². The number of thioether (sulfide) groups is 2. The van der Waals surface area contributed by atoms with Crippen molar-refractivity contribution in [2.45, 2.75) is 146 Å². The predicted molar refractivity (Wildman–Crippen MR) is 320 cm³/mol. The minimum Gasteiger partial charge on any atom is -0.508 e. The number of carbonyl (C=O) groups is 14. The Kier molecular flexibility index (Phi) is 31.0. The molecule has 1 fully saturated rings. The van der Waals surface area contributed by atoms with Crippen molar-refractivity contribution in [3.63, 3.8) is 0 Å². The maximum absolute atomic E-state index is 14.4.